The number of thiocarbonyl (C=S) groups is 1. The molecule has 1 rings (SSSR count). The van der Waals surface area contributed by atoms with Crippen LogP contribution in [-0.4, -0.2) is 11.7 Å². The first-order valence-electron chi connectivity index (χ1n) is 4.05. The molecule has 1 aromatic rings. The maximum Gasteiger partial charge on any atom is 0.160 e. The lowest BCUT2D eigenvalue weighted by molar-refractivity contribution is 0.968. The molecule has 0 saturated carbocycles. The van der Waals surface area contributed by atoms with E-state index in [4.69, 9.17) is 5.73 Å². The van der Waals surface area contributed by atoms with E-state index in [1.807, 2.05) is 12.1 Å². The van der Waals surface area contributed by atoms with Crippen molar-refractivity contribution in [2.75, 3.05) is 6.54 Å². The van der Waals surface area contributed by atoms with Crippen LogP contribution in [0.5, 0.6) is 0 Å². The van der Waals surface area contributed by atoms with Gasteiger partial charge in [0.2, 0.25) is 0 Å². The highest BCUT2D eigenvalue weighted by Gasteiger charge is 1.89. The highest BCUT2D eigenvalue weighted by molar-refractivity contribution is 9.10. The van der Waals surface area contributed by atoms with Gasteiger partial charge in [0.25, 0.3) is 0 Å². The summed E-state index contributed by atoms with van der Waals surface area (Å²) in [6, 6.07) is 8.23. The summed E-state index contributed by atoms with van der Waals surface area (Å²) in [5.41, 5.74) is 15.9. The van der Waals surface area contributed by atoms with E-state index in [1.54, 1.807) is 0 Å². The fourth-order valence-electron chi connectivity index (χ4n) is 0.818. The van der Waals surface area contributed by atoms with Crippen molar-refractivity contribution < 1.29 is 0 Å². The highest BCUT2D eigenvalue weighted by Crippen LogP contribution is 2.10. The maximum atomic E-state index is 5.39. The normalized spacial score (nSPS) is 8.13. The van der Waals surface area contributed by atoms with Gasteiger partial charge in [-0.3, -0.25) is 0 Å². The van der Waals surface area contributed by atoms with E-state index in [-0.39, 0.29) is 17.5 Å². The van der Waals surface area contributed by atoms with E-state index in [1.165, 1.54) is 5.56 Å². The predicted molar refractivity (Wildman–Crippen MR) is 75.1 cm³/mol. The van der Waals surface area contributed by atoms with Crippen LogP contribution in [0.15, 0.2) is 28.7 Å². The molecule has 1 aromatic carbocycles. The summed E-state index contributed by atoms with van der Waals surface area (Å²) in [7, 11) is 0. The molecule has 0 aliphatic heterocycles. The third kappa shape index (κ3) is 11.6. The quantitative estimate of drug-likeness (QED) is 0.724. The van der Waals surface area contributed by atoms with E-state index in [9.17, 15) is 0 Å². The largest absolute Gasteiger partial charge is 0.377 e. The molecular formula is C9H15BrClN3S. The van der Waals surface area contributed by atoms with Gasteiger partial charge in [-0.2, -0.15) is 0 Å². The van der Waals surface area contributed by atoms with Crippen LogP contribution in [0.2, 0.25) is 0 Å². The summed E-state index contributed by atoms with van der Waals surface area (Å²) in [5, 5.41) is 0.000000000000000222. The van der Waals surface area contributed by atoms with Crippen LogP contribution in [-0.2, 0) is 6.42 Å². The molecule has 0 atom stereocenters. The Labute approximate surface area is 110 Å². The van der Waals surface area contributed by atoms with Gasteiger partial charge in [-0.15, -0.1) is 12.4 Å². The number of hydrogen-bond acceptors (Lipinski definition) is 2. The zero-order valence-electron chi connectivity index (χ0n) is 8.15. The Hall–Kier alpha value is -0.360. The average molecular weight is 313 g/mol. The van der Waals surface area contributed by atoms with Crippen molar-refractivity contribution in [3.05, 3.63) is 34.3 Å². The molecule has 0 aliphatic carbocycles. The summed E-state index contributed by atoms with van der Waals surface area (Å²) >= 11 is 7.46. The molecule has 15 heavy (non-hydrogen) atoms. The van der Waals surface area contributed by atoms with Crippen molar-refractivity contribution in [3.8, 4) is 0 Å². The molecule has 86 valence electrons. The van der Waals surface area contributed by atoms with Gasteiger partial charge in [0, 0.05) is 4.47 Å². The van der Waals surface area contributed by atoms with Crippen LogP contribution in [0.25, 0.3) is 0 Å². The Morgan fingerprint density at radius 3 is 1.93 bits per heavy atom. The molecule has 0 spiro atoms. The van der Waals surface area contributed by atoms with Gasteiger partial charge in [0.1, 0.15) is 0 Å². The van der Waals surface area contributed by atoms with Crippen LogP contribution < -0.4 is 17.2 Å². The predicted octanol–water partition coefficient (Wildman–Crippen LogP) is 1.56. The lowest BCUT2D eigenvalue weighted by Gasteiger charge is -1.96. The Balaban J connectivity index is 0. The molecule has 6 N–H and O–H groups in total. The monoisotopic (exact) mass is 311 g/mol. The standard InChI is InChI=1S/C8H10BrN.CH4N2S.ClH/c9-8-3-1-7(2-4-8)5-6-10;2-1(3)4;/h1-4H,5-6,10H2;(H4,2,3,4);1H. The van der Waals surface area contributed by atoms with Crippen LogP contribution in [0.3, 0.4) is 0 Å². The Kier molecular flexibility index (Phi) is 11.6. The van der Waals surface area contributed by atoms with E-state index in [0.29, 0.717) is 0 Å². The van der Waals surface area contributed by atoms with Gasteiger partial charge in [-0.25, -0.2) is 0 Å². The average Bonchev–Trinajstić information content (AvgIpc) is 2.08. The van der Waals surface area contributed by atoms with Crippen LogP contribution >= 0.6 is 40.6 Å². The fourth-order valence-corrected chi connectivity index (χ4v) is 1.08. The van der Waals surface area contributed by atoms with Crippen molar-refractivity contribution in [1.29, 1.82) is 0 Å². The first-order chi connectivity index (χ1) is 6.56. The molecular weight excluding hydrogens is 298 g/mol. The van der Waals surface area contributed by atoms with E-state index >= 15 is 0 Å². The molecule has 0 bridgehead atoms. The van der Waals surface area contributed by atoms with E-state index < -0.39 is 0 Å². The maximum absolute atomic E-state index is 5.39. The Bertz CT molecular complexity index is 275. The minimum atomic E-state index is 0. The van der Waals surface area contributed by atoms with Gasteiger partial charge in [-0.1, -0.05) is 28.1 Å². The topological polar surface area (TPSA) is 78.1 Å². The van der Waals surface area contributed by atoms with Gasteiger partial charge in [0.05, 0.1) is 0 Å². The van der Waals surface area contributed by atoms with Crippen molar-refractivity contribution in [2.24, 2.45) is 17.2 Å². The first kappa shape index (κ1) is 17.0. The minimum absolute atomic E-state index is 0. The number of nitrogens with two attached hydrogens (primary N) is 3. The Morgan fingerprint density at radius 2 is 1.60 bits per heavy atom. The van der Waals surface area contributed by atoms with Crippen LogP contribution in [0, 0.1) is 0 Å². The van der Waals surface area contributed by atoms with Crippen molar-refractivity contribution >= 4 is 45.7 Å². The second kappa shape index (κ2) is 10.2. The summed E-state index contributed by atoms with van der Waals surface area (Å²) in [6.45, 7) is 0.724. The van der Waals surface area contributed by atoms with E-state index in [2.05, 4.69) is 51.7 Å². The SMILES string of the molecule is Cl.NC(N)=S.NCCc1ccc(Br)cc1. The highest BCUT2D eigenvalue weighted by atomic mass is 79.9. The molecule has 6 heteroatoms. The van der Waals surface area contributed by atoms with Gasteiger partial charge >= 0.3 is 0 Å². The summed E-state index contributed by atoms with van der Waals surface area (Å²) < 4.78 is 1.12. The molecule has 0 unspecified atom stereocenters. The van der Waals surface area contributed by atoms with Gasteiger partial charge < -0.3 is 17.2 Å². The third-order valence-electron chi connectivity index (χ3n) is 1.35. The number of halogens is 2. The van der Waals surface area contributed by atoms with Crippen LogP contribution in [0.4, 0.5) is 0 Å². The van der Waals surface area contributed by atoms with Crippen molar-refractivity contribution in [1.82, 2.24) is 0 Å². The third-order valence-corrected chi connectivity index (χ3v) is 1.87. The summed E-state index contributed by atoms with van der Waals surface area (Å²) in [6.07, 6.45) is 0.966. The molecule has 0 aromatic heterocycles. The summed E-state index contributed by atoms with van der Waals surface area (Å²) in [4.78, 5) is 0. The molecule has 0 amide bonds. The second-order valence-electron chi connectivity index (χ2n) is 2.57. The minimum Gasteiger partial charge on any atom is -0.377 e. The first-order valence-corrected chi connectivity index (χ1v) is 5.25. The van der Waals surface area contributed by atoms with Gasteiger partial charge in [0.15, 0.2) is 5.11 Å². The lowest BCUT2D eigenvalue weighted by Crippen LogP contribution is -2.18. The molecule has 0 aliphatic rings. The zero-order chi connectivity index (χ0) is 11.0. The number of benzene rings is 1. The van der Waals surface area contributed by atoms with Crippen molar-refractivity contribution in [2.45, 2.75) is 6.42 Å². The zero-order valence-corrected chi connectivity index (χ0v) is 11.4. The molecule has 0 fully saturated rings. The molecule has 3 nitrogen and oxygen atoms in total. The number of hydrogen-bond donors (Lipinski definition) is 3. The van der Waals surface area contributed by atoms with Gasteiger partial charge in [-0.05, 0) is 42.9 Å². The van der Waals surface area contributed by atoms with E-state index in [0.717, 1.165) is 17.4 Å². The molecule has 0 saturated heterocycles. The fraction of sp³-hybridized carbons (Fsp3) is 0.222. The number of rotatable bonds is 2. The smallest absolute Gasteiger partial charge is 0.160 e. The van der Waals surface area contributed by atoms with Crippen molar-refractivity contribution in [3.63, 3.8) is 0 Å². The summed E-state index contributed by atoms with van der Waals surface area (Å²) in [5.74, 6) is 0. The molecule has 0 heterocycles. The lowest BCUT2D eigenvalue weighted by atomic mass is 10.2. The van der Waals surface area contributed by atoms with Crippen LogP contribution in [0.1, 0.15) is 5.56 Å². The Morgan fingerprint density at radius 1 is 1.20 bits per heavy atom. The molecule has 0 radical (unpaired) electrons. The second-order valence-corrected chi connectivity index (χ2v) is 3.95.